The number of hydrogen-bond acceptors (Lipinski definition) is 3. The predicted octanol–water partition coefficient (Wildman–Crippen LogP) is 1.32. The molecule has 1 fully saturated rings. The Morgan fingerprint density at radius 2 is 2.44 bits per heavy atom. The van der Waals surface area contributed by atoms with Crippen LogP contribution in [0.1, 0.15) is 5.56 Å². The minimum Gasteiger partial charge on any atom is -0.312 e. The molecule has 1 aromatic carbocycles. The Hall–Kier alpha value is -2.06. The first-order valence-corrected chi connectivity index (χ1v) is 5.95. The second-order valence-electron chi connectivity index (χ2n) is 4.34. The summed E-state index contributed by atoms with van der Waals surface area (Å²) in [6, 6.07) is 9.13. The SMILES string of the molecule is Cc1cccc(NC(=O)N2CCNCC2C#N)c1. The van der Waals surface area contributed by atoms with Crippen LogP contribution < -0.4 is 10.6 Å². The first-order valence-electron chi connectivity index (χ1n) is 5.95. The van der Waals surface area contributed by atoms with Crippen LogP contribution in [0.3, 0.4) is 0 Å². The number of nitrogens with one attached hydrogen (secondary N) is 2. The number of hydrogen-bond donors (Lipinski definition) is 2. The second kappa shape index (κ2) is 5.52. The van der Waals surface area contributed by atoms with E-state index in [1.54, 1.807) is 4.90 Å². The number of piperazine rings is 1. The van der Waals surface area contributed by atoms with Gasteiger partial charge < -0.3 is 15.5 Å². The quantitative estimate of drug-likeness (QED) is 0.783. The molecule has 2 rings (SSSR count). The molecule has 0 aliphatic carbocycles. The van der Waals surface area contributed by atoms with Crippen molar-refractivity contribution >= 4 is 11.7 Å². The smallest absolute Gasteiger partial charge is 0.312 e. The summed E-state index contributed by atoms with van der Waals surface area (Å²) in [5.41, 5.74) is 1.85. The van der Waals surface area contributed by atoms with E-state index in [2.05, 4.69) is 16.7 Å². The third kappa shape index (κ3) is 2.79. The topological polar surface area (TPSA) is 68.2 Å². The Kier molecular flexibility index (Phi) is 3.80. The minimum atomic E-state index is -0.399. The molecule has 1 saturated heterocycles. The Bertz CT molecular complexity index is 480. The average Bonchev–Trinajstić information content (AvgIpc) is 2.38. The molecule has 1 heterocycles. The van der Waals surface area contributed by atoms with E-state index in [9.17, 15) is 4.79 Å². The lowest BCUT2D eigenvalue weighted by Crippen LogP contribution is -2.54. The van der Waals surface area contributed by atoms with Gasteiger partial charge in [-0.05, 0) is 24.6 Å². The Balaban J connectivity index is 2.05. The molecule has 5 heteroatoms. The number of carbonyl (C=O) groups is 1. The average molecular weight is 244 g/mol. The Morgan fingerprint density at radius 1 is 1.61 bits per heavy atom. The van der Waals surface area contributed by atoms with Crippen molar-refractivity contribution in [1.82, 2.24) is 10.2 Å². The second-order valence-corrected chi connectivity index (χ2v) is 4.34. The molecule has 2 amide bonds. The number of urea groups is 1. The van der Waals surface area contributed by atoms with Gasteiger partial charge in [0, 0.05) is 25.3 Å². The Morgan fingerprint density at radius 3 is 3.17 bits per heavy atom. The normalized spacial score (nSPS) is 19.1. The molecule has 0 aromatic heterocycles. The highest BCUT2D eigenvalue weighted by atomic mass is 16.2. The molecule has 1 unspecified atom stereocenters. The molecule has 0 radical (unpaired) electrons. The summed E-state index contributed by atoms with van der Waals surface area (Å²) in [5.74, 6) is 0. The molecule has 0 spiro atoms. The van der Waals surface area contributed by atoms with Gasteiger partial charge in [-0.2, -0.15) is 5.26 Å². The van der Waals surface area contributed by atoms with E-state index in [-0.39, 0.29) is 6.03 Å². The maximum Gasteiger partial charge on any atom is 0.323 e. The number of amides is 2. The lowest BCUT2D eigenvalue weighted by atomic mass is 10.2. The lowest BCUT2D eigenvalue weighted by molar-refractivity contribution is 0.188. The molecule has 1 atom stereocenters. The number of aryl methyl sites for hydroxylation is 1. The zero-order chi connectivity index (χ0) is 13.0. The molecule has 1 aromatic rings. The van der Waals surface area contributed by atoms with Crippen LogP contribution in [0.2, 0.25) is 0 Å². The molecule has 2 N–H and O–H groups in total. The number of benzene rings is 1. The van der Waals surface area contributed by atoms with E-state index in [0.717, 1.165) is 17.8 Å². The van der Waals surface area contributed by atoms with Gasteiger partial charge >= 0.3 is 6.03 Å². The van der Waals surface area contributed by atoms with Crippen LogP contribution in [0.5, 0.6) is 0 Å². The van der Waals surface area contributed by atoms with Gasteiger partial charge in [0.2, 0.25) is 0 Å². The monoisotopic (exact) mass is 244 g/mol. The first kappa shape index (κ1) is 12.4. The summed E-state index contributed by atoms with van der Waals surface area (Å²) < 4.78 is 0. The molecular formula is C13H16N4O. The van der Waals surface area contributed by atoms with Gasteiger partial charge in [0.05, 0.1) is 6.07 Å². The summed E-state index contributed by atoms with van der Waals surface area (Å²) in [6.07, 6.45) is 0. The highest BCUT2D eigenvalue weighted by Gasteiger charge is 2.26. The number of anilines is 1. The van der Waals surface area contributed by atoms with Crippen LogP contribution in [-0.2, 0) is 0 Å². The standard InChI is InChI=1S/C13H16N4O/c1-10-3-2-4-11(7-10)16-13(18)17-6-5-15-9-12(17)8-14/h2-4,7,12,15H,5-6,9H2,1H3,(H,16,18). The van der Waals surface area contributed by atoms with E-state index < -0.39 is 6.04 Å². The van der Waals surface area contributed by atoms with Crippen LogP contribution in [0.15, 0.2) is 24.3 Å². The third-order valence-corrected chi connectivity index (χ3v) is 2.92. The summed E-state index contributed by atoms with van der Waals surface area (Å²) >= 11 is 0. The zero-order valence-electron chi connectivity index (χ0n) is 10.3. The molecular weight excluding hydrogens is 228 g/mol. The largest absolute Gasteiger partial charge is 0.323 e. The summed E-state index contributed by atoms with van der Waals surface area (Å²) in [4.78, 5) is 13.7. The van der Waals surface area contributed by atoms with Crippen molar-refractivity contribution in [3.63, 3.8) is 0 Å². The van der Waals surface area contributed by atoms with Gasteiger partial charge in [0.15, 0.2) is 0 Å². The van der Waals surface area contributed by atoms with Crippen LogP contribution >= 0.6 is 0 Å². The Labute approximate surface area is 106 Å². The van der Waals surface area contributed by atoms with Crippen molar-refractivity contribution in [3.05, 3.63) is 29.8 Å². The predicted molar refractivity (Wildman–Crippen MR) is 69.2 cm³/mol. The van der Waals surface area contributed by atoms with Crippen molar-refractivity contribution in [2.24, 2.45) is 0 Å². The maximum absolute atomic E-state index is 12.1. The van der Waals surface area contributed by atoms with Gasteiger partial charge in [-0.25, -0.2) is 4.79 Å². The molecule has 0 saturated carbocycles. The number of nitriles is 1. The van der Waals surface area contributed by atoms with Crippen LogP contribution in [-0.4, -0.2) is 36.6 Å². The molecule has 18 heavy (non-hydrogen) atoms. The van der Waals surface area contributed by atoms with Gasteiger partial charge in [-0.1, -0.05) is 12.1 Å². The molecule has 94 valence electrons. The number of nitrogens with zero attached hydrogens (tertiary/aromatic N) is 2. The third-order valence-electron chi connectivity index (χ3n) is 2.92. The van der Waals surface area contributed by atoms with Crippen molar-refractivity contribution in [2.45, 2.75) is 13.0 Å². The van der Waals surface area contributed by atoms with E-state index in [4.69, 9.17) is 5.26 Å². The van der Waals surface area contributed by atoms with Crippen LogP contribution in [0, 0.1) is 18.3 Å². The zero-order valence-corrected chi connectivity index (χ0v) is 10.3. The van der Waals surface area contributed by atoms with Crippen LogP contribution in [0.25, 0.3) is 0 Å². The highest BCUT2D eigenvalue weighted by Crippen LogP contribution is 2.12. The number of rotatable bonds is 1. The molecule has 1 aliphatic rings. The van der Waals surface area contributed by atoms with Gasteiger partial charge in [-0.15, -0.1) is 0 Å². The maximum atomic E-state index is 12.1. The lowest BCUT2D eigenvalue weighted by Gasteiger charge is -2.31. The van der Waals surface area contributed by atoms with Crippen molar-refractivity contribution in [2.75, 3.05) is 25.0 Å². The van der Waals surface area contributed by atoms with Crippen molar-refractivity contribution in [3.8, 4) is 6.07 Å². The fourth-order valence-corrected chi connectivity index (χ4v) is 1.98. The fourth-order valence-electron chi connectivity index (χ4n) is 1.98. The van der Waals surface area contributed by atoms with E-state index in [0.29, 0.717) is 13.1 Å². The first-order chi connectivity index (χ1) is 8.70. The molecule has 1 aliphatic heterocycles. The van der Waals surface area contributed by atoms with Crippen LogP contribution in [0.4, 0.5) is 10.5 Å². The fraction of sp³-hybridized carbons (Fsp3) is 0.385. The van der Waals surface area contributed by atoms with E-state index in [1.807, 2.05) is 31.2 Å². The molecule has 5 nitrogen and oxygen atoms in total. The van der Waals surface area contributed by atoms with Gasteiger partial charge in [0.25, 0.3) is 0 Å². The van der Waals surface area contributed by atoms with Gasteiger partial charge in [0.1, 0.15) is 6.04 Å². The minimum absolute atomic E-state index is 0.214. The summed E-state index contributed by atoms with van der Waals surface area (Å²) in [5, 5.41) is 14.9. The summed E-state index contributed by atoms with van der Waals surface area (Å²) in [7, 11) is 0. The van der Waals surface area contributed by atoms with Crippen molar-refractivity contribution < 1.29 is 4.79 Å². The van der Waals surface area contributed by atoms with Gasteiger partial charge in [-0.3, -0.25) is 0 Å². The van der Waals surface area contributed by atoms with Crippen molar-refractivity contribution in [1.29, 1.82) is 5.26 Å². The summed E-state index contributed by atoms with van der Waals surface area (Å²) in [6.45, 7) is 3.77. The molecule has 0 bridgehead atoms. The van der Waals surface area contributed by atoms with E-state index in [1.165, 1.54) is 0 Å². The van der Waals surface area contributed by atoms with E-state index >= 15 is 0 Å². The highest BCUT2D eigenvalue weighted by molar-refractivity contribution is 5.89. The number of carbonyl (C=O) groups excluding carboxylic acids is 1.